The third kappa shape index (κ3) is 9.47. The standard InChI is InChI=1S/C30H39F4N/c31-29(22-35)9-3-1-2-6-23-10-12-24(13-11-23)7-4-5-8-25-14-16-26(17-15-25)27-18-20-28(21-19-27)30(32,33)34/h1,3,9,18-21,23-26H,2,4-8,10-17H2/b3-1+,29-9-. The van der Waals surface area contributed by atoms with Gasteiger partial charge in [-0.05, 0) is 86.0 Å². The van der Waals surface area contributed by atoms with Gasteiger partial charge in [0, 0.05) is 0 Å². The van der Waals surface area contributed by atoms with Gasteiger partial charge in [-0.1, -0.05) is 75.7 Å². The monoisotopic (exact) mass is 489 g/mol. The molecule has 0 radical (unpaired) electrons. The van der Waals surface area contributed by atoms with Crippen molar-refractivity contribution in [2.24, 2.45) is 17.8 Å². The fourth-order valence-electron chi connectivity index (χ4n) is 6.02. The van der Waals surface area contributed by atoms with Crippen molar-refractivity contribution in [1.82, 2.24) is 0 Å². The summed E-state index contributed by atoms with van der Waals surface area (Å²) in [6.07, 6.45) is 17.8. The molecule has 1 aromatic carbocycles. The Morgan fingerprint density at radius 1 is 0.829 bits per heavy atom. The van der Waals surface area contributed by atoms with Crippen LogP contribution in [0.5, 0.6) is 0 Å². The zero-order valence-electron chi connectivity index (χ0n) is 20.7. The predicted molar refractivity (Wildman–Crippen MR) is 133 cm³/mol. The van der Waals surface area contributed by atoms with Gasteiger partial charge in [0.25, 0.3) is 0 Å². The van der Waals surface area contributed by atoms with E-state index >= 15 is 0 Å². The van der Waals surface area contributed by atoms with Crippen LogP contribution in [0.2, 0.25) is 0 Å². The molecule has 192 valence electrons. The molecule has 0 spiro atoms. The summed E-state index contributed by atoms with van der Waals surface area (Å²) in [5.41, 5.74) is 0.507. The molecule has 5 heteroatoms. The van der Waals surface area contributed by atoms with Crippen molar-refractivity contribution in [2.75, 3.05) is 0 Å². The highest BCUT2D eigenvalue weighted by atomic mass is 19.4. The molecule has 0 amide bonds. The number of hydrogen-bond acceptors (Lipinski definition) is 1. The normalized spacial score (nSPS) is 26.1. The molecule has 0 aromatic heterocycles. The van der Waals surface area contributed by atoms with E-state index in [1.165, 1.54) is 88.5 Å². The maximum atomic E-state index is 12.8. The van der Waals surface area contributed by atoms with Gasteiger partial charge in [0.05, 0.1) is 5.56 Å². The van der Waals surface area contributed by atoms with Crippen molar-refractivity contribution >= 4 is 0 Å². The zero-order valence-corrected chi connectivity index (χ0v) is 20.7. The minimum absolute atomic E-state index is 0.411. The van der Waals surface area contributed by atoms with Gasteiger partial charge in [-0.15, -0.1) is 0 Å². The molecule has 2 aliphatic carbocycles. The van der Waals surface area contributed by atoms with Crippen LogP contribution < -0.4 is 0 Å². The quantitative estimate of drug-likeness (QED) is 0.139. The second-order valence-corrected chi connectivity index (χ2v) is 10.6. The molecule has 2 saturated carbocycles. The number of alkyl halides is 3. The molecule has 3 rings (SSSR count). The second kappa shape index (κ2) is 13.9. The van der Waals surface area contributed by atoms with E-state index in [9.17, 15) is 17.6 Å². The number of allylic oxidation sites excluding steroid dienone is 4. The largest absolute Gasteiger partial charge is 0.416 e. The lowest BCUT2D eigenvalue weighted by molar-refractivity contribution is -0.137. The van der Waals surface area contributed by atoms with Gasteiger partial charge >= 0.3 is 6.18 Å². The van der Waals surface area contributed by atoms with Gasteiger partial charge in [0.15, 0.2) is 5.83 Å². The SMILES string of the molecule is N#C/C(F)=C/C=C/CCC1CCC(CCCCC2CCC(c3ccc(C(F)(F)F)cc3)CC2)CC1. The van der Waals surface area contributed by atoms with Crippen LogP contribution in [-0.2, 0) is 6.18 Å². The minimum Gasteiger partial charge on any atom is -0.195 e. The third-order valence-electron chi connectivity index (χ3n) is 8.22. The Balaban J connectivity index is 1.23. The minimum atomic E-state index is -4.26. The highest BCUT2D eigenvalue weighted by Crippen LogP contribution is 2.39. The fourth-order valence-corrected chi connectivity index (χ4v) is 6.02. The zero-order chi connectivity index (χ0) is 25.1. The van der Waals surface area contributed by atoms with E-state index in [-0.39, 0.29) is 0 Å². The molecule has 1 aromatic rings. The molecule has 2 aliphatic rings. The highest BCUT2D eigenvalue weighted by molar-refractivity contribution is 5.27. The summed E-state index contributed by atoms with van der Waals surface area (Å²) < 4.78 is 51.1. The van der Waals surface area contributed by atoms with Crippen molar-refractivity contribution in [3.8, 4) is 6.07 Å². The predicted octanol–water partition coefficient (Wildman–Crippen LogP) is 10.1. The maximum Gasteiger partial charge on any atom is 0.416 e. The molecule has 2 fully saturated rings. The van der Waals surface area contributed by atoms with Gasteiger partial charge in [0.1, 0.15) is 6.07 Å². The van der Waals surface area contributed by atoms with Crippen LogP contribution >= 0.6 is 0 Å². The Kier molecular flexibility index (Phi) is 10.9. The molecular formula is C30H39F4N. The van der Waals surface area contributed by atoms with E-state index in [2.05, 4.69) is 0 Å². The van der Waals surface area contributed by atoms with E-state index in [1.807, 2.05) is 6.08 Å². The van der Waals surface area contributed by atoms with Crippen molar-refractivity contribution < 1.29 is 17.6 Å². The van der Waals surface area contributed by atoms with E-state index in [4.69, 9.17) is 5.26 Å². The molecular weight excluding hydrogens is 450 g/mol. The lowest BCUT2D eigenvalue weighted by Crippen LogP contribution is -2.15. The first-order valence-electron chi connectivity index (χ1n) is 13.4. The van der Waals surface area contributed by atoms with Crippen molar-refractivity contribution in [3.63, 3.8) is 0 Å². The molecule has 0 unspecified atom stereocenters. The van der Waals surface area contributed by atoms with Crippen LogP contribution in [0.1, 0.15) is 107 Å². The molecule has 0 bridgehead atoms. The highest BCUT2D eigenvalue weighted by Gasteiger charge is 2.30. The Bertz CT molecular complexity index is 846. The van der Waals surface area contributed by atoms with Crippen LogP contribution in [0.4, 0.5) is 17.6 Å². The Morgan fingerprint density at radius 2 is 1.34 bits per heavy atom. The summed E-state index contributed by atoms with van der Waals surface area (Å²) in [6.45, 7) is 0. The average molecular weight is 490 g/mol. The molecule has 35 heavy (non-hydrogen) atoms. The summed E-state index contributed by atoms with van der Waals surface area (Å²) in [5, 5.41) is 8.38. The van der Waals surface area contributed by atoms with Crippen LogP contribution in [-0.4, -0.2) is 0 Å². The van der Waals surface area contributed by atoms with Crippen molar-refractivity contribution in [2.45, 2.75) is 102 Å². The average Bonchev–Trinajstić information content (AvgIpc) is 2.87. The summed E-state index contributed by atoms with van der Waals surface area (Å²) in [6, 6.07) is 7.28. The van der Waals surface area contributed by atoms with Gasteiger partial charge < -0.3 is 0 Å². The summed E-state index contributed by atoms with van der Waals surface area (Å²) >= 11 is 0. The number of nitrogens with zero attached hydrogens (tertiary/aromatic N) is 1. The summed E-state index contributed by atoms with van der Waals surface area (Å²) in [5.74, 6) is 2.09. The maximum absolute atomic E-state index is 12.8. The molecule has 1 nitrogen and oxygen atoms in total. The fraction of sp³-hybridized carbons (Fsp3) is 0.633. The third-order valence-corrected chi connectivity index (χ3v) is 8.22. The smallest absolute Gasteiger partial charge is 0.195 e. The summed E-state index contributed by atoms with van der Waals surface area (Å²) in [4.78, 5) is 0. The number of hydrogen-bond donors (Lipinski definition) is 0. The second-order valence-electron chi connectivity index (χ2n) is 10.6. The Labute approximate surface area is 208 Å². The van der Waals surface area contributed by atoms with Gasteiger partial charge in [-0.25, -0.2) is 0 Å². The number of rotatable bonds is 10. The van der Waals surface area contributed by atoms with Crippen molar-refractivity contribution in [3.05, 3.63) is 59.4 Å². The molecule has 0 N–H and O–H groups in total. The van der Waals surface area contributed by atoms with Crippen LogP contribution in [0.15, 0.2) is 48.3 Å². The van der Waals surface area contributed by atoms with Gasteiger partial charge in [-0.3, -0.25) is 0 Å². The van der Waals surface area contributed by atoms with E-state index in [0.29, 0.717) is 5.92 Å². The number of nitriles is 1. The van der Waals surface area contributed by atoms with E-state index in [1.54, 1.807) is 18.2 Å². The topological polar surface area (TPSA) is 23.8 Å². The number of halogens is 4. The van der Waals surface area contributed by atoms with Crippen LogP contribution in [0, 0.1) is 29.1 Å². The molecule has 0 heterocycles. The molecule has 0 atom stereocenters. The first-order valence-corrected chi connectivity index (χ1v) is 13.4. The molecule has 0 saturated heterocycles. The number of unbranched alkanes of at least 4 members (excludes halogenated alkanes) is 1. The van der Waals surface area contributed by atoms with E-state index in [0.717, 1.165) is 49.0 Å². The molecule has 0 aliphatic heterocycles. The van der Waals surface area contributed by atoms with Crippen LogP contribution in [0.25, 0.3) is 0 Å². The lowest BCUT2D eigenvalue weighted by Gasteiger charge is -2.30. The van der Waals surface area contributed by atoms with Crippen molar-refractivity contribution in [1.29, 1.82) is 5.26 Å². The van der Waals surface area contributed by atoms with Crippen LogP contribution in [0.3, 0.4) is 0 Å². The number of benzene rings is 1. The first kappa shape index (κ1) is 27.5. The Hall–Kier alpha value is -2.09. The summed E-state index contributed by atoms with van der Waals surface area (Å²) in [7, 11) is 0. The first-order chi connectivity index (χ1) is 16.8. The Morgan fingerprint density at radius 3 is 1.86 bits per heavy atom. The lowest BCUT2D eigenvalue weighted by atomic mass is 9.76. The van der Waals surface area contributed by atoms with E-state index < -0.39 is 17.6 Å². The van der Waals surface area contributed by atoms with Gasteiger partial charge in [-0.2, -0.15) is 22.8 Å². The van der Waals surface area contributed by atoms with Gasteiger partial charge in [0.2, 0.25) is 0 Å².